The van der Waals surface area contributed by atoms with Crippen LogP contribution in [-0.4, -0.2) is 25.2 Å². The molecule has 0 unspecified atom stereocenters. The maximum atomic E-state index is 14.6. The zero-order valence-corrected chi connectivity index (χ0v) is 15.9. The van der Waals surface area contributed by atoms with Crippen molar-refractivity contribution >= 4 is 34.0 Å². The SMILES string of the molecule is COc1cc(-c2cc(F)c3nc(C4CCNCC4)sc3c2)ccc1F.Cl. The minimum atomic E-state index is -0.432. The molecule has 0 spiro atoms. The molecule has 4 rings (SSSR count). The molecular formula is C19H19ClF2N2OS. The van der Waals surface area contributed by atoms with E-state index in [1.165, 1.54) is 19.2 Å². The van der Waals surface area contributed by atoms with Crippen molar-refractivity contribution in [1.82, 2.24) is 10.3 Å². The summed E-state index contributed by atoms with van der Waals surface area (Å²) in [4.78, 5) is 4.55. The van der Waals surface area contributed by atoms with Gasteiger partial charge in [-0.15, -0.1) is 23.7 Å². The molecule has 0 atom stereocenters. The lowest BCUT2D eigenvalue weighted by Crippen LogP contribution is -2.26. The molecule has 0 aliphatic carbocycles. The number of piperidine rings is 1. The molecule has 3 nitrogen and oxygen atoms in total. The summed E-state index contributed by atoms with van der Waals surface area (Å²) < 4.78 is 34.1. The number of rotatable bonds is 3. The summed E-state index contributed by atoms with van der Waals surface area (Å²) in [6.45, 7) is 1.95. The Morgan fingerprint density at radius 2 is 1.85 bits per heavy atom. The number of hydrogen-bond donors (Lipinski definition) is 1. The lowest BCUT2D eigenvalue weighted by atomic mass is 9.99. The Morgan fingerprint density at radius 3 is 2.58 bits per heavy atom. The number of fused-ring (bicyclic) bond motifs is 1. The molecule has 0 saturated carbocycles. The van der Waals surface area contributed by atoms with Crippen molar-refractivity contribution in [2.24, 2.45) is 0 Å². The van der Waals surface area contributed by atoms with Gasteiger partial charge in [-0.1, -0.05) is 6.07 Å². The summed E-state index contributed by atoms with van der Waals surface area (Å²) in [5.74, 6) is -0.226. The molecule has 1 aromatic heterocycles. The van der Waals surface area contributed by atoms with E-state index in [1.54, 1.807) is 23.5 Å². The van der Waals surface area contributed by atoms with Gasteiger partial charge in [-0.3, -0.25) is 0 Å². The fourth-order valence-corrected chi connectivity index (χ4v) is 4.45. The van der Waals surface area contributed by atoms with Crippen LogP contribution in [0.25, 0.3) is 21.3 Å². The van der Waals surface area contributed by atoms with E-state index in [0.29, 0.717) is 17.0 Å². The third-order valence-electron chi connectivity index (χ3n) is 4.64. The maximum Gasteiger partial charge on any atom is 0.165 e. The first-order valence-corrected chi connectivity index (χ1v) is 9.12. The van der Waals surface area contributed by atoms with Crippen molar-refractivity contribution in [3.05, 3.63) is 47.0 Å². The van der Waals surface area contributed by atoms with Gasteiger partial charge in [-0.25, -0.2) is 13.8 Å². The Morgan fingerprint density at radius 1 is 1.08 bits per heavy atom. The minimum absolute atomic E-state index is 0. The molecule has 1 fully saturated rings. The highest BCUT2D eigenvalue weighted by molar-refractivity contribution is 7.18. The fraction of sp³-hybridized carbons (Fsp3) is 0.316. The minimum Gasteiger partial charge on any atom is -0.494 e. The summed E-state index contributed by atoms with van der Waals surface area (Å²) in [6.07, 6.45) is 2.06. The largest absolute Gasteiger partial charge is 0.494 e. The lowest BCUT2D eigenvalue weighted by molar-refractivity contribution is 0.387. The number of halogens is 3. The van der Waals surface area contributed by atoms with Gasteiger partial charge in [0.1, 0.15) is 5.52 Å². The summed E-state index contributed by atoms with van der Waals surface area (Å²) in [5, 5.41) is 4.34. The third-order valence-corrected chi connectivity index (χ3v) is 5.80. The van der Waals surface area contributed by atoms with E-state index < -0.39 is 5.82 Å². The van der Waals surface area contributed by atoms with Gasteiger partial charge in [0.25, 0.3) is 0 Å². The average Bonchev–Trinajstić information content (AvgIpc) is 3.08. The Hall–Kier alpha value is -1.76. The van der Waals surface area contributed by atoms with Gasteiger partial charge in [0.2, 0.25) is 0 Å². The first kappa shape index (κ1) is 19.0. The molecule has 138 valence electrons. The van der Waals surface area contributed by atoms with Crippen LogP contribution in [0.3, 0.4) is 0 Å². The Kier molecular flexibility index (Phi) is 5.75. The van der Waals surface area contributed by atoms with Crippen LogP contribution < -0.4 is 10.1 Å². The zero-order valence-electron chi connectivity index (χ0n) is 14.2. The Balaban J connectivity index is 0.00000196. The van der Waals surface area contributed by atoms with E-state index >= 15 is 0 Å². The van der Waals surface area contributed by atoms with Gasteiger partial charge in [-0.05, 0) is 61.3 Å². The summed E-state index contributed by atoms with van der Waals surface area (Å²) in [5.41, 5.74) is 1.84. The van der Waals surface area contributed by atoms with Crippen LogP contribution in [0.15, 0.2) is 30.3 Å². The van der Waals surface area contributed by atoms with Crippen LogP contribution >= 0.6 is 23.7 Å². The van der Waals surface area contributed by atoms with Crippen molar-refractivity contribution in [2.45, 2.75) is 18.8 Å². The van der Waals surface area contributed by atoms with Crippen LogP contribution in [0.5, 0.6) is 5.75 Å². The molecule has 1 N–H and O–H groups in total. The van der Waals surface area contributed by atoms with Crippen molar-refractivity contribution in [3.8, 4) is 16.9 Å². The zero-order chi connectivity index (χ0) is 17.4. The molecule has 1 aliphatic heterocycles. The third kappa shape index (κ3) is 3.54. The average molecular weight is 397 g/mol. The highest BCUT2D eigenvalue weighted by Gasteiger charge is 2.20. The van der Waals surface area contributed by atoms with Crippen LogP contribution in [0.2, 0.25) is 0 Å². The number of benzene rings is 2. The number of hydrogen-bond acceptors (Lipinski definition) is 4. The number of methoxy groups -OCH3 is 1. The monoisotopic (exact) mass is 396 g/mol. The molecule has 2 aromatic carbocycles. The molecule has 7 heteroatoms. The standard InChI is InChI=1S/C19H18F2N2OS.ClH/c1-24-16-9-12(2-3-14(16)20)13-8-15(21)18-17(10-13)25-19(23-18)11-4-6-22-7-5-11;/h2-3,8-11,22H,4-7H2,1H3;1H. The molecule has 0 amide bonds. The van der Waals surface area contributed by atoms with Gasteiger partial charge in [0.05, 0.1) is 16.8 Å². The fourth-order valence-electron chi connectivity index (χ4n) is 3.26. The molecule has 0 radical (unpaired) electrons. The first-order chi connectivity index (χ1) is 12.2. The van der Waals surface area contributed by atoms with Crippen molar-refractivity contribution in [1.29, 1.82) is 0 Å². The molecule has 3 aromatic rings. The van der Waals surface area contributed by atoms with Crippen molar-refractivity contribution < 1.29 is 13.5 Å². The number of nitrogens with one attached hydrogen (secondary N) is 1. The van der Waals surface area contributed by atoms with E-state index in [0.717, 1.165) is 41.2 Å². The van der Waals surface area contributed by atoms with E-state index in [1.807, 2.05) is 6.07 Å². The van der Waals surface area contributed by atoms with Crippen molar-refractivity contribution in [3.63, 3.8) is 0 Å². The van der Waals surface area contributed by atoms with Gasteiger partial charge >= 0.3 is 0 Å². The number of aromatic nitrogens is 1. The highest BCUT2D eigenvalue weighted by atomic mass is 35.5. The van der Waals surface area contributed by atoms with Gasteiger partial charge < -0.3 is 10.1 Å². The predicted octanol–water partition coefficient (Wildman–Crippen LogP) is 5.14. The number of ether oxygens (including phenoxy) is 1. The van der Waals surface area contributed by atoms with Gasteiger partial charge in [0.15, 0.2) is 17.4 Å². The smallest absolute Gasteiger partial charge is 0.165 e. The molecule has 0 bridgehead atoms. The maximum absolute atomic E-state index is 14.6. The Bertz CT molecular complexity index is 925. The van der Waals surface area contributed by atoms with Gasteiger partial charge in [0, 0.05) is 5.92 Å². The lowest BCUT2D eigenvalue weighted by Gasteiger charge is -2.20. The van der Waals surface area contributed by atoms with Crippen LogP contribution in [0, 0.1) is 11.6 Å². The van der Waals surface area contributed by atoms with Crippen LogP contribution in [0.1, 0.15) is 23.8 Å². The second kappa shape index (κ2) is 7.86. The number of nitrogens with zero attached hydrogens (tertiary/aromatic N) is 1. The molecule has 2 heterocycles. The second-order valence-electron chi connectivity index (χ2n) is 6.23. The molecular weight excluding hydrogens is 378 g/mol. The molecule has 1 aliphatic rings. The summed E-state index contributed by atoms with van der Waals surface area (Å²) >= 11 is 1.56. The summed E-state index contributed by atoms with van der Waals surface area (Å²) in [6, 6.07) is 7.94. The van der Waals surface area contributed by atoms with Crippen LogP contribution in [0.4, 0.5) is 8.78 Å². The normalized spacial score (nSPS) is 15.0. The van der Waals surface area contributed by atoms with Crippen molar-refractivity contribution in [2.75, 3.05) is 20.2 Å². The Labute approximate surface area is 160 Å². The topological polar surface area (TPSA) is 34.1 Å². The van der Waals surface area contributed by atoms with Crippen LogP contribution in [-0.2, 0) is 0 Å². The molecule has 1 saturated heterocycles. The highest BCUT2D eigenvalue weighted by Crippen LogP contribution is 2.36. The van der Waals surface area contributed by atoms with E-state index in [9.17, 15) is 8.78 Å². The van der Waals surface area contributed by atoms with E-state index in [4.69, 9.17) is 4.74 Å². The van der Waals surface area contributed by atoms with Gasteiger partial charge in [-0.2, -0.15) is 0 Å². The number of thiazole rings is 1. The van der Waals surface area contributed by atoms with E-state index in [-0.39, 0.29) is 24.0 Å². The second-order valence-corrected chi connectivity index (χ2v) is 7.29. The summed E-state index contributed by atoms with van der Waals surface area (Å²) in [7, 11) is 1.42. The molecule has 26 heavy (non-hydrogen) atoms. The quantitative estimate of drug-likeness (QED) is 0.665. The first-order valence-electron chi connectivity index (χ1n) is 8.30. The van der Waals surface area contributed by atoms with E-state index in [2.05, 4.69) is 10.3 Å². The predicted molar refractivity (Wildman–Crippen MR) is 104 cm³/mol.